The molecule has 1 aliphatic rings. The molecule has 3 rings (SSSR count). The highest BCUT2D eigenvalue weighted by molar-refractivity contribution is 6.13. The van der Waals surface area contributed by atoms with Crippen LogP contribution in [-0.4, -0.2) is 39.8 Å². The molecule has 0 bridgehead atoms. The normalized spacial score (nSPS) is 14.5. The minimum absolute atomic E-state index is 0.145. The molecule has 1 heterocycles. The van der Waals surface area contributed by atoms with Crippen molar-refractivity contribution in [3.63, 3.8) is 0 Å². The molecule has 0 N–H and O–H groups in total. The van der Waals surface area contributed by atoms with Gasteiger partial charge in [-0.25, -0.2) is 9.79 Å². The van der Waals surface area contributed by atoms with E-state index < -0.39 is 5.97 Å². The summed E-state index contributed by atoms with van der Waals surface area (Å²) in [6.07, 6.45) is 1.58. The number of cyclic esters (lactones) is 1. The molecule has 0 aliphatic carbocycles. The Hall–Kier alpha value is -3.48. The zero-order valence-electron chi connectivity index (χ0n) is 16.1. The lowest BCUT2D eigenvalue weighted by Crippen LogP contribution is -2.07. The molecular formula is C21H21NO6. The van der Waals surface area contributed by atoms with Crippen LogP contribution in [0.25, 0.3) is 6.08 Å². The van der Waals surface area contributed by atoms with Crippen LogP contribution in [0.5, 0.6) is 23.0 Å². The minimum atomic E-state index is -0.557. The largest absolute Gasteiger partial charge is 0.496 e. The van der Waals surface area contributed by atoms with Gasteiger partial charge in [0, 0.05) is 11.6 Å². The van der Waals surface area contributed by atoms with Crippen molar-refractivity contribution < 1.29 is 28.5 Å². The summed E-state index contributed by atoms with van der Waals surface area (Å²) in [6, 6.07) is 10.6. The molecule has 7 nitrogen and oxygen atoms in total. The van der Waals surface area contributed by atoms with E-state index in [-0.39, 0.29) is 11.6 Å². The fourth-order valence-electron chi connectivity index (χ4n) is 2.76. The Labute approximate surface area is 163 Å². The summed E-state index contributed by atoms with van der Waals surface area (Å²) in [5.41, 5.74) is 1.36. The topological polar surface area (TPSA) is 75.6 Å². The molecular weight excluding hydrogens is 362 g/mol. The van der Waals surface area contributed by atoms with Crippen molar-refractivity contribution in [1.29, 1.82) is 0 Å². The van der Waals surface area contributed by atoms with Crippen molar-refractivity contribution in [1.82, 2.24) is 0 Å². The lowest BCUT2D eigenvalue weighted by atomic mass is 10.1. The van der Waals surface area contributed by atoms with Crippen molar-refractivity contribution in [2.24, 2.45) is 4.99 Å². The second kappa shape index (κ2) is 8.47. The van der Waals surface area contributed by atoms with Crippen LogP contribution in [0.1, 0.15) is 18.1 Å². The molecule has 28 heavy (non-hydrogen) atoms. The number of ether oxygens (including phenoxy) is 5. The smallest absolute Gasteiger partial charge is 0.363 e. The van der Waals surface area contributed by atoms with Gasteiger partial charge >= 0.3 is 5.97 Å². The Bertz CT molecular complexity index is 948. The predicted octanol–water partition coefficient (Wildman–Crippen LogP) is 3.46. The average molecular weight is 383 g/mol. The Morgan fingerprint density at radius 3 is 2.32 bits per heavy atom. The van der Waals surface area contributed by atoms with Gasteiger partial charge in [-0.2, -0.15) is 0 Å². The molecule has 2 aromatic rings. The maximum atomic E-state index is 12.4. The van der Waals surface area contributed by atoms with Gasteiger partial charge in [-0.15, -0.1) is 0 Å². The molecule has 0 spiro atoms. The van der Waals surface area contributed by atoms with Crippen LogP contribution in [0.2, 0.25) is 0 Å². The molecule has 7 heteroatoms. The number of methoxy groups -OCH3 is 3. The zero-order chi connectivity index (χ0) is 20.1. The fourth-order valence-corrected chi connectivity index (χ4v) is 2.76. The average Bonchev–Trinajstić information content (AvgIpc) is 3.08. The van der Waals surface area contributed by atoms with Crippen LogP contribution in [0.15, 0.2) is 47.1 Å². The van der Waals surface area contributed by atoms with Gasteiger partial charge in [-0.05, 0) is 31.2 Å². The summed E-state index contributed by atoms with van der Waals surface area (Å²) in [4.78, 5) is 16.7. The van der Waals surface area contributed by atoms with Crippen LogP contribution >= 0.6 is 0 Å². The van der Waals surface area contributed by atoms with Crippen LogP contribution in [0.4, 0.5) is 0 Å². The lowest BCUT2D eigenvalue weighted by Gasteiger charge is -2.12. The maximum absolute atomic E-state index is 12.4. The molecule has 2 aromatic carbocycles. The van der Waals surface area contributed by atoms with Gasteiger partial charge in [0.1, 0.15) is 11.5 Å². The number of hydrogen-bond acceptors (Lipinski definition) is 7. The van der Waals surface area contributed by atoms with Gasteiger partial charge in [0.25, 0.3) is 0 Å². The van der Waals surface area contributed by atoms with Gasteiger partial charge < -0.3 is 23.7 Å². The quantitative estimate of drug-likeness (QED) is 0.538. The Morgan fingerprint density at radius 1 is 0.964 bits per heavy atom. The van der Waals surface area contributed by atoms with Crippen molar-refractivity contribution >= 4 is 17.9 Å². The predicted molar refractivity (Wildman–Crippen MR) is 104 cm³/mol. The van der Waals surface area contributed by atoms with Crippen LogP contribution < -0.4 is 18.9 Å². The second-order valence-corrected chi connectivity index (χ2v) is 5.71. The third-order valence-corrected chi connectivity index (χ3v) is 4.07. The molecule has 0 aromatic heterocycles. The van der Waals surface area contributed by atoms with Crippen molar-refractivity contribution in [3.8, 4) is 23.0 Å². The summed E-state index contributed by atoms with van der Waals surface area (Å²) >= 11 is 0. The van der Waals surface area contributed by atoms with Crippen molar-refractivity contribution in [2.45, 2.75) is 6.92 Å². The molecule has 0 unspecified atom stereocenters. The number of benzene rings is 2. The molecule has 0 amide bonds. The first kappa shape index (κ1) is 19.3. The molecule has 0 saturated carbocycles. The molecule has 0 atom stereocenters. The summed E-state index contributed by atoms with van der Waals surface area (Å²) in [6.45, 7) is 2.37. The summed E-state index contributed by atoms with van der Waals surface area (Å²) < 4.78 is 26.9. The Balaban J connectivity index is 2.03. The van der Waals surface area contributed by atoms with E-state index in [1.165, 1.54) is 21.3 Å². The SMILES string of the molecule is CCOc1ccccc1C1=NC(=Cc2cc(OC)c(OC)cc2OC)C(=O)O1. The number of carbonyl (C=O) groups is 1. The van der Waals surface area contributed by atoms with E-state index in [9.17, 15) is 4.79 Å². The number of carbonyl (C=O) groups excluding carboxylic acids is 1. The molecule has 1 aliphatic heterocycles. The number of hydrogen-bond donors (Lipinski definition) is 0. The summed E-state index contributed by atoms with van der Waals surface area (Å²) in [7, 11) is 4.60. The summed E-state index contributed by atoms with van der Waals surface area (Å²) in [5.74, 6) is 1.77. The number of esters is 1. The zero-order valence-corrected chi connectivity index (χ0v) is 16.1. The van der Waals surface area contributed by atoms with Crippen molar-refractivity contribution in [3.05, 3.63) is 53.2 Å². The Kier molecular flexibility index (Phi) is 5.84. The summed E-state index contributed by atoms with van der Waals surface area (Å²) in [5, 5.41) is 0. The highest BCUT2D eigenvalue weighted by atomic mass is 16.6. The third kappa shape index (κ3) is 3.78. The Morgan fingerprint density at radius 2 is 1.64 bits per heavy atom. The van der Waals surface area contributed by atoms with Crippen LogP contribution in [0.3, 0.4) is 0 Å². The highest BCUT2D eigenvalue weighted by Gasteiger charge is 2.27. The van der Waals surface area contributed by atoms with Gasteiger partial charge in [0.15, 0.2) is 17.2 Å². The lowest BCUT2D eigenvalue weighted by molar-refractivity contribution is -0.129. The number of rotatable bonds is 7. The first-order chi connectivity index (χ1) is 13.6. The van der Waals surface area contributed by atoms with E-state index >= 15 is 0 Å². The molecule has 146 valence electrons. The van der Waals surface area contributed by atoms with E-state index in [0.717, 1.165) is 0 Å². The number of para-hydroxylation sites is 1. The van der Waals surface area contributed by atoms with E-state index in [2.05, 4.69) is 4.99 Å². The van der Waals surface area contributed by atoms with Crippen LogP contribution in [-0.2, 0) is 9.53 Å². The second-order valence-electron chi connectivity index (χ2n) is 5.71. The minimum Gasteiger partial charge on any atom is -0.496 e. The molecule has 0 fully saturated rings. The van der Waals surface area contributed by atoms with Gasteiger partial charge in [-0.3, -0.25) is 0 Å². The molecule has 0 radical (unpaired) electrons. The molecule has 0 saturated heterocycles. The monoisotopic (exact) mass is 383 g/mol. The van der Waals surface area contributed by atoms with E-state index in [1.54, 1.807) is 30.3 Å². The fraction of sp³-hybridized carbons (Fsp3) is 0.238. The first-order valence-corrected chi connectivity index (χ1v) is 8.66. The van der Waals surface area contributed by atoms with Gasteiger partial charge in [0.05, 0.1) is 33.5 Å². The third-order valence-electron chi connectivity index (χ3n) is 4.07. The van der Waals surface area contributed by atoms with Crippen molar-refractivity contribution in [2.75, 3.05) is 27.9 Å². The highest BCUT2D eigenvalue weighted by Crippen LogP contribution is 2.36. The van der Waals surface area contributed by atoms with E-state index in [4.69, 9.17) is 23.7 Å². The van der Waals surface area contributed by atoms with E-state index in [1.807, 2.05) is 19.1 Å². The first-order valence-electron chi connectivity index (χ1n) is 8.66. The number of aliphatic imine (C=N–C) groups is 1. The maximum Gasteiger partial charge on any atom is 0.363 e. The standard InChI is InChI=1S/C21H21NO6/c1-5-27-16-9-7-6-8-14(16)20-22-15(21(23)28-20)10-13-11-18(25-3)19(26-4)12-17(13)24-2/h6-12H,5H2,1-4H3. The number of nitrogens with zero attached hydrogens (tertiary/aromatic N) is 1. The van der Waals surface area contributed by atoms with Gasteiger partial charge in [0.2, 0.25) is 5.90 Å². The van der Waals surface area contributed by atoms with Crippen LogP contribution in [0, 0.1) is 0 Å². The van der Waals surface area contributed by atoms with E-state index in [0.29, 0.717) is 40.7 Å². The van der Waals surface area contributed by atoms with Gasteiger partial charge in [-0.1, -0.05) is 12.1 Å².